The minimum atomic E-state index is -0.201. The van der Waals surface area contributed by atoms with Gasteiger partial charge in [-0.1, -0.05) is 47.5 Å². The third-order valence-electron chi connectivity index (χ3n) is 4.65. The molecular weight excluding hydrogens is 360 g/mol. The molecule has 0 aliphatic heterocycles. The maximum absolute atomic E-state index is 12.9. The molecule has 2 heterocycles. The summed E-state index contributed by atoms with van der Waals surface area (Å²) in [5, 5.41) is 3.55. The zero-order valence-electron chi connectivity index (χ0n) is 15.1. The second kappa shape index (κ2) is 6.97. The number of aromatic nitrogens is 1. The Morgan fingerprint density at radius 2 is 1.85 bits per heavy atom. The van der Waals surface area contributed by atoms with E-state index in [0.29, 0.717) is 28.5 Å². The summed E-state index contributed by atoms with van der Waals surface area (Å²) in [6.45, 7) is 4.56. The van der Waals surface area contributed by atoms with Crippen LogP contribution in [0.2, 0.25) is 5.02 Å². The highest BCUT2D eigenvalue weighted by molar-refractivity contribution is 6.31. The predicted molar refractivity (Wildman–Crippen MR) is 109 cm³/mol. The quantitative estimate of drug-likeness (QED) is 0.487. The lowest BCUT2D eigenvalue weighted by molar-refractivity contribution is 0.101. The van der Waals surface area contributed by atoms with E-state index in [0.717, 1.165) is 16.6 Å². The lowest BCUT2D eigenvalue weighted by Crippen LogP contribution is -2.17. The molecule has 2 aromatic carbocycles. The van der Waals surface area contributed by atoms with Gasteiger partial charge in [0.05, 0.1) is 11.8 Å². The fraction of sp³-hybridized carbons (Fsp3) is 0.136. The van der Waals surface area contributed by atoms with Crippen molar-refractivity contribution < 1.29 is 9.21 Å². The Morgan fingerprint density at radius 3 is 2.59 bits per heavy atom. The van der Waals surface area contributed by atoms with Crippen LogP contribution in [0.3, 0.4) is 0 Å². The van der Waals surface area contributed by atoms with Crippen LogP contribution in [0.25, 0.3) is 11.1 Å². The molecule has 0 saturated heterocycles. The summed E-state index contributed by atoms with van der Waals surface area (Å²) in [5.41, 5.74) is 6.07. The van der Waals surface area contributed by atoms with Gasteiger partial charge in [-0.25, -0.2) is 0 Å². The van der Waals surface area contributed by atoms with Crippen molar-refractivity contribution in [3.8, 4) is 0 Å². The summed E-state index contributed by atoms with van der Waals surface area (Å²) in [4.78, 5) is 12.9. The number of furan rings is 1. The van der Waals surface area contributed by atoms with Crippen molar-refractivity contribution in [2.75, 3.05) is 5.32 Å². The van der Waals surface area contributed by atoms with Gasteiger partial charge < -0.3 is 14.3 Å². The van der Waals surface area contributed by atoms with Gasteiger partial charge in [0, 0.05) is 29.4 Å². The molecule has 0 radical (unpaired) electrons. The van der Waals surface area contributed by atoms with Crippen molar-refractivity contribution >= 4 is 34.3 Å². The van der Waals surface area contributed by atoms with Gasteiger partial charge in [-0.15, -0.1) is 0 Å². The molecule has 5 heteroatoms. The van der Waals surface area contributed by atoms with Gasteiger partial charge in [0.2, 0.25) is 0 Å². The molecule has 1 N–H and O–H groups in total. The molecule has 0 aliphatic carbocycles. The van der Waals surface area contributed by atoms with E-state index >= 15 is 0 Å². The minimum Gasteiger partial charge on any atom is -0.463 e. The average molecular weight is 379 g/mol. The number of nitrogens with zero attached hydrogens (tertiary/aromatic N) is 1. The third-order valence-corrected chi connectivity index (χ3v) is 5.05. The summed E-state index contributed by atoms with van der Waals surface area (Å²) in [6, 6.07) is 17.4. The molecule has 0 unspecified atom stereocenters. The van der Waals surface area contributed by atoms with Crippen molar-refractivity contribution in [3.05, 3.63) is 88.3 Å². The van der Waals surface area contributed by atoms with E-state index in [4.69, 9.17) is 16.0 Å². The van der Waals surface area contributed by atoms with E-state index in [1.165, 1.54) is 5.56 Å². The highest BCUT2D eigenvalue weighted by Gasteiger charge is 2.18. The van der Waals surface area contributed by atoms with Crippen molar-refractivity contribution in [1.82, 2.24) is 4.57 Å². The number of carbonyl (C=O) groups excluding carboxylic acids is 1. The number of aryl methyl sites for hydroxylation is 2. The van der Waals surface area contributed by atoms with Gasteiger partial charge in [0.25, 0.3) is 5.91 Å². The van der Waals surface area contributed by atoms with E-state index < -0.39 is 0 Å². The Balaban J connectivity index is 1.68. The van der Waals surface area contributed by atoms with E-state index in [1.807, 2.05) is 29.7 Å². The number of carbonyl (C=O) groups is 1. The molecule has 0 bridgehead atoms. The summed E-state index contributed by atoms with van der Waals surface area (Å²) in [7, 11) is 0. The minimum absolute atomic E-state index is 0.201. The molecule has 0 aliphatic rings. The Hall–Kier alpha value is -2.98. The zero-order valence-corrected chi connectivity index (χ0v) is 15.9. The average Bonchev–Trinajstić information content (AvgIpc) is 3.23. The van der Waals surface area contributed by atoms with Crippen LogP contribution in [-0.2, 0) is 6.54 Å². The standard InChI is InChI=1S/C22H19ClN2O2/c1-14-3-6-16(7-4-14)13-25-19-9-10-27-21(19)12-20(25)22(26)24-17-8-5-15(2)18(23)11-17/h3-12H,13H2,1-2H3,(H,24,26). The summed E-state index contributed by atoms with van der Waals surface area (Å²) in [6.07, 6.45) is 1.64. The van der Waals surface area contributed by atoms with Crippen LogP contribution < -0.4 is 5.32 Å². The van der Waals surface area contributed by atoms with Gasteiger partial charge in [-0.2, -0.15) is 0 Å². The summed E-state index contributed by atoms with van der Waals surface area (Å²) in [5.74, 6) is -0.201. The number of benzene rings is 2. The molecule has 4 aromatic rings. The maximum Gasteiger partial charge on any atom is 0.272 e. The van der Waals surface area contributed by atoms with Crippen molar-refractivity contribution in [3.63, 3.8) is 0 Å². The highest BCUT2D eigenvalue weighted by atomic mass is 35.5. The number of amides is 1. The highest BCUT2D eigenvalue weighted by Crippen LogP contribution is 2.25. The van der Waals surface area contributed by atoms with Crippen LogP contribution >= 0.6 is 11.6 Å². The number of nitrogens with one attached hydrogen (secondary N) is 1. The molecular formula is C22H19ClN2O2. The second-order valence-electron chi connectivity index (χ2n) is 6.69. The lowest BCUT2D eigenvalue weighted by atomic mass is 10.1. The molecule has 4 nitrogen and oxygen atoms in total. The van der Waals surface area contributed by atoms with Crippen molar-refractivity contribution in [2.45, 2.75) is 20.4 Å². The van der Waals surface area contributed by atoms with Crippen LogP contribution in [0.1, 0.15) is 27.2 Å². The monoisotopic (exact) mass is 378 g/mol. The molecule has 0 spiro atoms. The fourth-order valence-corrected chi connectivity index (χ4v) is 3.26. The zero-order chi connectivity index (χ0) is 19.0. The molecule has 136 valence electrons. The number of fused-ring (bicyclic) bond motifs is 1. The Bertz CT molecular complexity index is 1120. The largest absolute Gasteiger partial charge is 0.463 e. The van der Waals surface area contributed by atoms with E-state index in [-0.39, 0.29) is 5.91 Å². The van der Waals surface area contributed by atoms with E-state index in [1.54, 1.807) is 18.4 Å². The normalized spacial score (nSPS) is 11.1. The van der Waals surface area contributed by atoms with E-state index in [9.17, 15) is 4.79 Å². The first kappa shape index (κ1) is 17.4. The van der Waals surface area contributed by atoms with Gasteiger partial charge in [0.15, 0.2) is 5.58 Å². The Kier molecular flexibility index (Phi) is 4.50. The molecule has 0 saturated carbocycles. The molecule has 27 heavy (non-hydrogen) atoms. The smallest absolute Gasteiger partial charge is 0.272 e. The van der Waals surface area contributed by atoms with Crippen molar-refractivity contribution in [2.24, 2.45) is 0 Å². The number of anilines is 1. The molecule has 2 aromatic heterocycles. The van der Waals surface area contributed by atoms with Gasteiger partial charge >= 0.3 is 0 Å². The van der Waals surface area contributed by atoms with Gasteiger partial charge in [-0.3, -0.25) is 4.79 Å². The lowest BCUT2D eigenvalue weighted by Gasteiger charge is -2.11. The summed E-state index contributed by atoms with van der Waals surface area (Å²) >= 11 is 6.17. The SMILES string of the molecule is Cc1ccc(Cn2c(C(=O)Nc3ccc(C)c(Cl)c3)cc3occc32)cc1. The number of hydrogen-bond acceptors (Lipinski definition) is 2. The predicted octanol–water partition coefficient (Wildman–Crippen LogP) is 5.81. The van der Waals surface area contributed by atoms with Crippen LogP contribution in [0.4, 0.5) is 5.69 Å². The first-order chi connectivity index (χ1) is 13.0. The van der Waals surface area contributed by atoms with Gasteiger partial charge in [-0.05, 0) is 37.1 Å². The Morgan fingerprint density at radius 1 is 1.07 bits per heavy atom. The van der Waals surface area contributed by atoms with E-state index in [2.05, 4.69) is 36.5 Å². The molecule has 0 atom stereocenters. The van der Waals surface area contributed by atoms with Crippen LogP contribution in [0.15, 0.2) is 65.3 Å². The molecule has 1 amide bonds. The van der Waals surface area contributed by atoms with Gasteiger partial charge in [0.1, 0.15) is 5.69 Å². The third kappa shape index (κ3) is 3.49. The number of hydrogen-bond donors (Lipinski definition) is 1. The summed E-state index contributed by atoms with van der Waals surface area (Å²) < 4.78 is 7.48. The molecule has 0 fully saturated rings. The number of halogens is 1. The maximum atomic E-state index is 12.9. The van der Waals surface area contributed by atoms with Crippen LogP contribution in [-0.4, -0.2) is 10.5 Å². The van der Waals surface area contributed by atoms with Crippen LogP contribution in [0, 0.1) is 13.8 Å². The first-order valence-electron chi connectivity index (χ1n) is 8.71. The Labute approximate surface area is 162 Å². The number of rotatable bonds is 4. The van der Waals surface area contributed by atoms with Crippen LogP contribution in [0.5, 0.6) is 0 Å². The first-order valence-corrected chi connectivity index (χ1v) is 9.09. The second-order valence-corrected chi connectivity index (χ2v) is 7.10. The van der Waals surface area contributed by atoms with Crippen molar-refractivity contribution in [1.29, 1.82) is 0 Å². The topological polar surface area (TPSA) is 47.2 Å². The fourth-order valence-electron chi connectivity index (χ4n) is 3.08. The molecule has 4 rings (SSSR count).